The summed E-state index contributed by atoms with van der Waals surface area (Å²) in [6, 6.07) is 7.21. The van der Waals surface area contributed by atoms with E-state index in [1.165, 1.54) is 0 Å². The number of carboxylic acids is 1. The van der Waals surface area contributed by atoms with Gasteiger partial charge in [-0.3, -0.25) is 4.79 Å². The first-order chi connectivity index (χ1) is 7.72. The van der Waals surface area contributed by atoms with E-state index in [4.69, 9.17) is 14.6 Å². The second-order valence-corrected chi connectivity index (χ2v) is 3.09. The molecule has 0 aromatic heterocycles. The molecular formula is C11H15NO4. The third-order valence-electron chi connectivity index (χ3n) is 1.88. The van der Waals surface area contributed by atoms with E-state index in [-0.39, 0.29) is 6.54 Å². The summed E-state index contributed by atoms with van der Waals surface area (Å²) >= 11 is 0. The molecule has 1 aromatic rings. The first-order valence-electron chi connectivity index (χ1n) is 4.91. The Balaban J connectivity index is 2.19. The van der Waals surface area contributed by atoms with Crippen molar-refractivity contribution in [1.82, 2.24) is 5.32 Å². The van der Waals surface area contributed by atoms with Gasteiger partial charge in [0.05, 0.1) is 13.7 Å². The summed E-state index contributed by atoms with van der Waals surface area (Å²) in [5, 5.41) is 11.1. The Kier molecular flexibility index (Phi) is 5.15. The van der Waals surface area contributed by atoms with Crippen LogP contribution >= 0.6 is 0 Å². The summed E-state index contributed by atoms with van der Waals surface area (Å²) in [5.41, 5.74) is 0. The number of ether oxygens (including phenoxy) is 2. The summed E-state index contributed by atoms with van der Waals surface area (Å²) in [6.07, 6.45) is 0. The van der Waals surface area contributed by atoms with Crippen LogP contribution < -0.4 is 14.8 Å². The Labute approximate surface area is 94.0 Å². The number of aliphatic carboxylic acids is 1. The minimum atomic E-state index is -0.871. The van der Waals surface area contributed by atoms with Crippen LogP contribution in [0, 0.1) is 0 Å². The number of hydrogen-bond acceptors (Lipinski definition) is 4. The molecular weight excluding hydrogens is 210 g/mol. The third kappa shape index (κ3) is 4.65. The van der Waals surface area contributed by atoms with Gasteiger partial charge in [-0.15, -0.1) is 0 Å². The Morgan fingerprint density at radius 3 is 2.50 bits per heavy atom. The largest absolute Gasteiger partial charge is 0.497 e. The normalized spacial score (nSPS) is 9.81. The highest BCUT2D eigenvalue weighted by molar-refractivity contribution is 5.68. The average molecular weight is 225 g/mol. The van der Waals surface area contributed by atoms with E-state index in [9.17, 15) is 4.79 Å². The summed E-state index contributed by atoms with van der Waals surface area (Å²) in [5.74, 6) is 0.638. The number of methoxy groups -OCH3 is 1. The van der Waals surface area contributed by atoms with Crippen molar-refractivity contribution in [3.05, 3.63) is 24.3 Å². The Morgan fingerprint density at radius 1 is 1.31 bits per heavy atom. The Bertz CT molecular complexity index is 323. The minimum Gasteiger partial charge on any atom is -0.497 e. The van der Waals surface area contributed by atoms with Crippen LogP contribution in [0.3, 0.4) is 0 Å². The zero-order valence-electron chi connectivity index (χ0n) is 9.10. The van der Waals surface area contributed by atoms with E-state index >= 15 is 0 Å². The van der Waals surface area contributed by atoms with Crippen LogP contribution in [0.4, 0.5) is 0 Å². The molecule has 0 heterocycles. The lowest BCUT2D eigenvalue weighted by atomic mass is 10.3. The zero-order chi connectivity index (χ0) is 11.8. The molecule has 1 aromatic carbocycles. The van der Waals surface area contributed by atoms with Gasteiger partial charge in [-0.05, 0) is 24.3 Å². The molecule has 2 N–H and O–H groups in total. The van der Waals surface area contributed by atoms with Gasteiger partial charge in [0.1, 0.15) is 18.1 Å². The van der Waals surface area contributed by atoms with Crippen LogP contribution in [-0.2, 0) is 4.79 Å². The summed E-state index contributed by atoms with van der Waals surface area (Å²) in [6.45, 7) is 0.879. The smallest absolute Gasteiger partial charge is 0.317 e. The maximum Gasteiger partial charge on any atom is 0.317 e. The lowest BCUT2D eigenvalue weighted by Crippen LogP contribution is -2.26. The quantitative estimate of drug-likeness (QED) is 0.670. The summed E-state index contributed by atoms with van der Waals surface area (Å²) in [7, 11) is 1.60. The molecule has 0 bridgehead atoms. The minimum absolute atomic E-state index is 0.0496. The molecule has 0 amide bonds. The lowest BCUT2D eigenvalue weighted by molar-refractivity contribution is -0.135. The van der Waals surface area contributed by atoms with Gasteiger partial charge in [0, 0.05) is 6.54 Å². The van der Waals surface area contributed by atoms with Crippen LogP contribution in [0.1, 0.15) is 0 Å². The number of nitrogens with one attached hydrogen (secondary N) is 1. The van der Waals surface area contributed by atoms with E-state index in [0.29, 0.717) is 13.2 Å². The van der Waals surface area contributed by atoms with Crippen LogP contribution in [0.5, 0.6) is 11.5 Å². The van der Waals surface area contributed by atoms with Crippen molar-refractivity contribution in [2.24, 2.45) is 0 Å². The van der Waals surface area contributed by atoms with Crippen LogP contribution in [0.15, 0.2) is 24.3 Å². The van der Waals surface area contributed by atoms with Gasteiger partial charge in [0.2, 0.25) is 0 Å². The highest BCUT2D eigenvalue weighted by Gasteiger charge is 1.96. The summed E-state index contributed by atoms with van der Waals surface area (Å²) in [4.78, 5) is 10.2. The van der Waals surface area contributed by atoms with Gasteiger partial charge in [0.15, 0.2) is 0 Å². The van der Waals surface area contributed by atoms with Crippen molar-refractivity contribution in [3.63, 3.8) is 0 Å². The van der Waals surface area contributed by atoms with Gasteiger partial charge < -0.3 is 19.9 Å². The van der Waals surface area contributed by atoms with Crippen molar-refractivity contribution in [1.29, 1.82) is 0 Å². The number of rotatable bonds is 7. The van der Waals surface area contributed by atoms with E-state index in [1.807, 2.05) is 0 Å². The number of carboxylic acid groups (broad SMARTS) is 1. The van der Waals surface area contributed by atoms with Gasteiger partial charge in [-0.2, -0.15) is 0 Å². The Hall–Kier alpha value is -1.75. The lowest BCUT2D eigenvalue weighted by Gasteiger charge is -2.07. The predicted molar refractivity (Wildman–Crippen MR) is 59.0 cm³/mol. The molecule has 0 atom stereocenters. The molecule has 0 fully saturated rings. The fourth-order valence-electron chi connectivity index (χ4n) is 1.11. The van der Waals surface area contributed by atoms with E-state index in [0.717, 1.165) is 11.5 Å². The highest BCUT2D eigenvalue weighted by Crippen LogP contribution is 2.16. The van der Waals surface area contributed by atoms with Crippen LogP contribution in [0.2, 0.25) is 0 Å². The number of hydrogen-bond donors (Lipinski definition) is 2. The molecule has 5 nitrogen and oxygen atoms in total. The molecule has 0 aliphatic heterocycles. The summed E-state index contributed by atoms with van der Waals surface area (Å²) < 4.78 is 10.4. The van der Waals surface area contributed by atoms with Crippen molar-refractivity contribution in [2.45, 2.75) is 0 Å². The molecule has 88 valence electrons. The van der Waals surface area contributed by atoms with Crippen molar-refractivity contribution in [3.8, 4) is 11.5 Å². The standard InChI is InChI=1S/C11H15NO4/c1-15-9-2-4-10(5-3-9)16-7-6-12-8-11(13)14/h2-5,12H,6-8H2,1H3,(H,13,14). The predicted octanol–water partition coefficient (Wildman–Crippen LogP) is 0.748. The molecule has 0 aliphatic carbocycles. The molecule has 0 saturated carbocycles. The SMILES string of the molecule is COc1ccc(OCCNCC(=O)O)cc1. The fraction of sp³-hybridized carbons (Fsp3) is 0.364. The van der Waals surface area contributed by atoms with Crippen molar-refractivity contribution in [2.75, 3.05) is 26.8 Å². The van der Waals surface area contributed by atoms with Crippen molar-refractivity contribution < 1.29 is 19.4 Å². The molecule has 0 unspecified atom stereocenters. The third-order valence-corrected chi connectivity index (χ3v) is 1.88. The fourth-order valence-corrected chi connectivity index (χ4v) is 1.11. The van der Waals surface area contributed by atoms with E-state index in [2.05, 4.69) is 5.32 Å². The first kappa shape index (κ1) is 12.3. The molecule has 16 heavy (non-hydrogen) atoms. The van der Waals surface area contributed by atoms with Gasteiger partial charge >= 0.3 is 5.97 Å². The van der Waals surface area contributed by atoms with Gasteiger partial charge in [-0.25, -0.2) is 0 Å². The zero-order valence-corrected chi connectivity index (χ0v) is 9.10. The second-order valence-electron chi connectivity index (χ2n) is 3.09. The van der Waals surface area contributed by atoms with Gasteiger partial charge in [0.25, 0.3) is 0 Å². The maximum atomic E-state index is 10.2. The second kappa shape index (κ2) is 6.68. The molecule has 0 aliphatic rings. The molecule has 1 rings (SSSR count). The van der Waals surface area contributed by atoms with Crippen LogP contribution in [-0.4, -0.2) is 37.9 Å². The van der Waals surface area contributed by atoms with Gasteiger partial charge in [-0.1, -0.05) is 0 Å². The molecule has 0 saturated heterocycles. The number of carbonyl (C=O) groups is 1. The topological polar surface area (TPSA) is 67.8 Å². The first-order valence-corrected chi connectivity index (χ1v) is 4.91. The molecule has 0 spiro atoms. The Morgan fingerprint density at radius 2 is 1.94 bits per heavy atom. The monoisotopic (exact) mass is 225 g/mol. The van der Waals surface area contributed by atoms with E-state index < -0.39 is 5.97 Å². The van der Waals surface area contributed by atoms with E-state index in [1.54, 1.807) is 31.4 Å². The number of benzene rings is 1. The van der Waals surface area contributed by atoms with Crippen LogP contribution in [0.25, 0.3) is 0 Å². The molecule has 0 radical (unpaired) electrons. The molecule has 5 heteroatoms. The highest BCUT2D eigenvalue weighted by atomic mass is 16.5. The average Bonchev–Trinajstić information content (AvgIpc) is 2.29. The van der Waals surface area contributed by atoms with Crippen molar-refractivity contribution >= 4 is 5.97 Å². The maximum absolute atomic E-state index is 10.2.